The summed E-state index contributed by atoms with van der Waals surface area (Å²) in [6.45, 7) is 0.641. The van der Waals surface area contributed by atoms with Crippen molar-refractivity contribution in [3.05, 3.63) is 35.9 Å². The van der Waals surface area contributed by atoms with E-state index >= 15 is 0 Å². The highest BCUT2D eigenvalue weighted by Crippen LogP contribution is 2.43. The first-order valence-corrected chi connectivity index (χ1v) is 8.28. The second kappa shape index (κ2) is 6.01. The van der Waals surface area contributed by atoms with Gasteiger partial charge < -0.3 is 15.1 Å². The van der Waals surface area contributed by atoms with Crippen molar-refractivity contribution in [1.82, 2.24) is 4.90 Å². The Morgan fingerprint density at radius 3 is 2.41 bits per heavy atom. The molecule has 1 saturated heterocycles. The summed E-state index contributed by atoms with van der Waals surface area (Å²) in [5.74, 6) is 0.128. The Bertz CT molecular complexity index is 524. The Hall–Kier alpha value is -1.39. The van der Waals surface area contributed by atoms with E-state index in [0.29, 0.717) is 13.0 Å². The van der Waals surface area contributed by atoms with Crippen molar-refractivity contribution in [1.29, 1.82) is 0 Å². The molecule has 22 heavy (non-hydrogen) atoms. The minimum absolute atomic E-state index is 0.128. The lowest BCUT2D eigenvalue weighted by molar-refractivity contribution is -0.146. The number of carbonyl (C=O) groups excluding carboxylic acids is 1. The number of likely N-dealkylation sites (tertiary alicyclic amines) is 1. The van der Waals surface area contributed by atoms with E-state index in [2.05, 4.69) is 0 Å². The monoisotopic (exact) mass is 303 g/mol. The fourth-order valence-electron chi connectivity index (χ4n) is 4.08. The van der Waals surface area contributed by atoms with Crippen LogP contribution < -0.4 is 0 Å². The van der Waals surface area contributed by atoms with Crippen LogP contribution in [-0.4, -0.2) is 46.3 Å². The quantitative estimate of drug-likeness (QED) is 0.896. The molecule has 2 N–H and O–H groups in total. The molecule has 1 aromatic carbocycles. The number of aliphatic hydroxyl groups is 2. The van der Waals surface area contributed by atoms with Crippen molar-refractivity contribution < 1.29 is 15.0 Å². The third-order valence-electron chi connectivity index (χ3n) is 5.33. The summed E-state index contributed by atoms with van der Waals surface area (Å²) in [5.41, 5.74) is -0.477. The fraction of sp³-hybridized carbons (Fsp3) is 0.611. The molecule has 2 aliphatic rings. The maximum Gasteiger partial charge on any atom is 0.233 e. The first-order valence-electron chi connectivity index (χ1n) is 8.28. The van der Waals surface area contributed by atoms with E-state index in [0.717, 1.165) is 37.7 Å². The highest BCUT2D eigenvalue weighted by Gasteiger charge is 2.47. The Labute approximate surface area is 131 Å². The van der Waals surface area contributed by atoms with Gasteiger partial charge in [-0.3, -0.25) is 4.79 Å². The van der Waals surface area contributed by atoms with Crippen molar-refractivity contribution in [3.8, 4) is 0 Å². The summed E-state index contributed by atoms with van der Waals surface area (Å²) in [5, 5.41) is 19.8. The number of piperidine rings is 1. The van der Waals surface area contributed by atoms with Crippen molar-refractivity contribution in [2.75, 3.05) is 19.7 Å². The van der Waals surface area contributed by atoms with Crippen LogP contribution in [0.1, 0.15) is 44.1 Å². The van der Waals surface area contributed by atoms with Gasteiger partial charge in [0.15, 0.2) is 0 Å². The zero-order valence-electron chi connectivity index (χ0n) is 13.0. The molecular weight excluding hydrogens is 278 g/mol. The highest BCUT2D eigenvalue weighted by atomic mass is 16.3. The molecule has 1 aliphatic carbocycles. The standard InChI is InChI=1S/C18H25NO3/c20-14-17(22)9-6-12-19(13-17)16(21)18(10-4-5-11-18)15-7-2-1-3-8-15/h1-3,7-8,20,22H,4-6,9-14H2. The van der Waals surface area contributed by atoms with Gasteiger partial charge in [-0.1, -0.05) is 43.2 Å². The Kier molecular flexibility index (Phi) is 4.24. The molecule has 1 atom stereocenters. The van der Waals surface area contributed by atoms with Gasteiger partial charge in [-0.2, -0.15) is 0 Å². The van der Waals surface area contributed by atoms with Gasteiger partial charge in [-0.25, -0.2) is 0 Å². The zero-order valence-corrected chi connectivity index (χ0v) is 13.0. The van der Waals surface area contributed by atoms with Gasteiger partial charge in [0, 0.05) is 6.54 Å². The predicted octanol–water partition coefficient (Wildman–Crippen LogP) is 1.84. The minimum atomic E-state index is -1.13. The summed E-state index contributed by atoms with van der Waals surface area (Å²) in [6.07, 6.45) is 5.20. The number of hydrogen-bond acceptors (Lipinski definition) is 3. The van der Waals surface area contributed by atoms with E-state index in [1.54, 1.807) is 4.90 Å². The van der Waals surface area contributed by atoms with Gasteiger partial charge in [0.25, 0.3) is 0 Å². The van der Waals surface area contributed by atoms with Crippen LogP contribution in [0.25, 0.3) is 0 Å². The molecule has 1 aliphatic heterocycles. The van der Waals surface area contributed by atoms with E-state index in [1.165, 1.54) is 0 Å². The average Bonchev–Trinajstić information content (AvgIpc) is 3.06. The molecule has 0 spiro atoms. The molecule has 3 rings (SSSR count). The van der Waals surface area contributed by atoms with E-state index in [4.69, 9.17) is 0 Å². The van der Waals surface area contributed by atoms with E-state index < -0.39 is 11.0 Å². The molecule has 1 saturated carbocycles. The van der Waals surface area contributed by atoms with Gasteiger partial charge in [-0.15, -0.1) is 0 Å². The third-order valence-corrected chi connectivity index (χ3v) is 5.33. The van der Waals surface area contributed by atoms with Crippen molar-refractivity contribution in [3.63, 3.8) is 0 Å². The summed E-state index contributed by atoms with van der Waals surface area (Å²) in [4.78, 5) is 15.0. The molecule has 0 aromatic heterocycles. The van der Waals surface area contributed by atoms with Crippen LogP contribution in [0.15, 0.2) is 30.3 Å². The lowest BCUT2D eigenvalue weighted by atomic mass is 9.76. The number of amides is 1. The van der Waals surface area contributed by atoms with Crippen LogP contribution in [0.3, 0.4) is 0 Å². The van der Waals surface area contributed by atoms with Crippen LogP contribution in [-0.2, 0) is 10.2 Å². The first-order chi connectivity index (χ1) is 10.6. The summed E-state index contributed by atoms with van der Waals surface area (Å²) in [6, 6.07) is 10.0. The molecule has 1 heterocycles. The summed E-state index contributed by atoms with van der Waals surface area (Å²) >= 11 is 0. The molecule has 1 unspecified atom stereocenters. The number of β-amino-alcohol motifs (C(OH)–C–C–N with tert-alkyl or cyclic N) is 1. The van der Waals surface area contributed by atoms with Crippen molar-refractivity contribution in [2.45, 2.75) is 49.5 Å². The molecule has 0 bridgehead atoms. The number of carbonyl (C=O) groups is 1. The Balaban J connectivity index is 1.88. The summed E-state index contributed by atoms with van der Waals surface area (Å²) in [7, 11) is 0. The highest BCUT2D eigenvalue weighted by molar-refractivity contribution is 5.88. The zero-order chi connectivity index (χ0) is 15.6. The SMILES string of the molecule is O=C(N1CCCC(O)(CO)C1)C1(c2ccccc2)CCCC1. The first kappa shape index (κ1) is 15.5. The molecule has 2 fully saturated rings. The molecular formula is C18H25NO3. The number of hydrogen-bond donors (Lipinski definition) is 2. The van der Waals surface area contributed by atoms with Gasteiger partial charge in [-0.05, 0) is 31.2 Å². The van der Waals surface area contributed by atoms with Crippen molar-refractivity contribution >= 4 is 5.91 Å². The van der Waals surface area contributed by atoms with E-state index in [9.17, 15) is 15.0 Å². The molecule has 1 aromatic rings. The largest absolute Gasteiger partial charge is 0.393 e. The van der Waals surface area contributed by atoms with Gasteiger partial charge >= 0.3 is 0 Å². The summed E-state index contributed by atoms with van der Waals surface area (Å²) < 4.78 is 0. The van der Waals surface area contributed by atoms with Gasteiger partial charge in [0.1, 0.15) is 5.60 Å². The number of rotatable bonds is 3. The molecule has 0 radical (unpaired) electrons. The lowest BCUT2D eigenvalue weighted by Gasteiger charge is -2.42. The lowest BCUT2D eigenvalue weighted by Crippen LogP contribution is -2.56. The van der Waals surface area contributed by atoms with Crippen LogP contribution >= 0.6 is 0 Å². The van der Waals surface area contributed by atoms with E-state index in [1.807, 2.05) is 30.3 Å². The second-order valence-corrected chi connectivity index (χ2v) is 6.87. The van der Waals surface area contributed by atoms with E-state index in [-0.39, 0.29) is 19.1 Å². The second-order valence-electron chi connectivity index (χ2n) is 6.87. The Morgan fingerprint density at radius 1 is 1.09 bits per heavy atom. The molecule has 4 heteroatoms. The minimum Gasteiger partial charge on any atom is -0.393 e. The average molecular weight is 303 g/mol. The topological polar surface area (TPSA) is 60.8 Å². The third kappa shape index (κ3) is 2.66. The Morgan fingerprint density at radius 2 is 1.77 bits per heavy atom. The number of benzene rings is 1. The van der Waals surface area contributed by atoms with Crippen molar-refractivity contribution in [2.24, 2.45) is 0 Å². The normalized spacial score (nSPS) is 27.8. The van der Waals surface area contributed by atoms with Crippen LogP contribution in [0.4, 0.5) is 0 Å². The molecule has 4 nitrogen and oxygen atoms in total. The van der Waals surface area contributed by atoms with Crippen LogP contribution in [0.2, 0.25) is 0 Å². The maximum absolute atomic E-state index is 13.3. The number of aliphatic hydroxyl groups excluding tert-OH is 1. The van der Waals surface area contributed by atoms with Crippen LogP contribution in [0.5, 0.6) is 0 Å². The molecule has 1 amide bonds. The van der Waals surface area contributed by atoms with Gasteiger partial charge in [0.2, 0.25) is 5.91 Å². The van der Waals surface area contributed by atoms with Crippen LogP contribution in [0, 0.1) is 0 Å². The predicted molar refractivity (Wildman–Crippen MR) is 84.4 cm³/mol. The number of nitrogens with zero attached hydrogens (tertiary/aromatic N) is 1. The fourth-order valence-corrected chi connectivity index (χ4v) is 4.08. The smallest absolute Gasteiger partial charge is 0.233 e. The van der Waals surface area contributed by atoms with Gasteiger partial charge in [0.05, 0.1) is 18.6 Å². The molecule has 120 valence electrons. The maximum atomic E-state index is 13.3.